The van der Waals surface area contributed by atoms with Crippen molar-refractivity contribution in [2.75, 3.05) is 18.5 Å². The average Bonchev–Trinajstić information content (AvgIpc) is 3.18. The van der Waals surface area contributed by atoms with E-state index in [1.54, 1.807) is 20.8 Å². The van der Waals surface area contributed by atoms with E-state index < -0.39 is 36.4 Å². The fourth-order valence-corrected chi connectivity index (χ4v) is 5.64. The highest BCUT2D eigenvalue weighted by Crippen LogP contribution is 2.38. The molecule has 2 N–H and O–H groups in total. The number of ether oxygens (including phenoxy) is 2. The number of hydrogen-bond acceptors (Lipinski definition) is 7. The van der Waals surface area contributed by atoms with Gasteiger partial charge in [0.1, 0.15) is 11.0 Å². The molecule has 8 nitrogen and oxygen atoms in total. The highest BCUT2D eigenvalue weighted by atomic mass is 35.5. The van der Waals surface area contributed by atoms with E-state index in [1.807, 2.05) is 0 Å². The van der Waals surface area contributed by atoms with Crippen LogP contribution in [0.3, 0.4) is 0 Å². The maximum Gasteiger partial charge on any atom is 0.341 e. The number of carbonyl (C=O) groups excluding carboxylic acids is 4. The molecular formula is C25H28Cl2N2O6S. The van der Waals surface area contributed by atoms with Gasteiger partial charge in [0.2, 0.25) is 0 Å². The third kappa shape index (κ3) is 6.78. The zero-order valence-corrected chi connectivity index (χ0v) is 22.6. The van der Waals surface area contributed by atoms with Crippen LogP contribution in [0.15, 0.2) is 18.2 Å². The Kier molecular flexibility index (Phi) is 9.76. The quantitative estimate of drug-likeness (QED) is 0.419. The van der Waals surface area contributed by atoms with Crippen LogP contribution in [0.25, 0.3) is 0 Å². The van der Waals surface area contributed by atoms with Crippen LogP contribution >= 0.6 is 34.5 Å². The summed E-state index contributed by atoms with van der Waals surface area (Å²) in [5.41, 5.74) is 1.45. The van der Waals surface area contributed by atoms with Crippen LogP contribution in [0.2, 0.25) is 10.0 Å². The fraction of sp³-hybridized carbons (Fsp3) is 0.440. The molecule has 1 aromatic carbocycles. The number of anilines is 1. The Morgan fingerprint density at radius 3 is 2.47 bits per heavy atom. The maximum atomic E-state index is 12.7. The number of rotatable bonds is 9. The summed E-state index contributed by atoms with van der Waals surface area (Å²) in [5, 5.41) is 6.22. The first kappa shape index (κ1) is 28.0. The van der Waals surface area contributed by atoms with Gasteiger partial charge in [0.25, 0.3) is 11.8 Å². The van der Waals surface area contributed by atoms with Crippen molar-refractivity contribution in [3.8, 4) is 0 Å². The SMILES string of the molecule is CCOC(=O)c1c(NC(=O)COC(=O)C(NC(=O)c2ccc(Cl)cc2Cl)C(C)C)sc2c1CCCC2. The van der Waals surface area contributed by atoms with Gasteiger partial charge in [-0.15, -0.1) is 11.3 Å². The minimum absolute atomic E-state index is 0.145. The minimum Gasteiger partial charge on any atom is -0.462 e. The number of amides is 2. The molecule has 0 saturated heterocycles. The lowest BCUT2D eigenvalue weighted by Gasteiger charge is -2.21. The van der Waals surface area contributed by atoms with E-state index in [-0.39, 0.29) is 23.1 Å². The van der Waals surface area contributed by atoms with Crippen molar-refractivity contribution < 1.29 is 28.7 Å². The third-order valence-electron chi connectivity index (χ3n) is 5.63. The van der Waals surface area contributed by atoms with Gasteiger partial charge in [-0.1, -0.05) is 37.0 Å². The number of thiophene rings is 1. The van der Waals surface area contributed by atoms with Crippen molar-refractivity contribution >= 4 is 63.3 Å². The largest absolute Gasteiger partial charge is 0.462 e. The van der Waals surface area contributed by atoms with Crippen LogP contribution in [0, 0.1) is 5.92 Å². The molecule has 2 amide bonds. The van der Waals surface area contributed by atoms with E-state index in [0.717, 1.165) is 36.1 Å². The molecule has 0 fully saturated rings. The number of fused-ring (bicyclic) bond motifs is 1. The van der Waals surface area contributed by atoms with E-state index in [4.69, 9.17) is 32.7 Å². The van der Waals surface area contributed by atoms with Gasteiger partial charge in [-0.2, -0.15) is 0 Å². The first-order valence-electron chi connectivity index (χ1n) is 11.7. The second kappa shape index (κ2) is 12.6. The number of benzene rings is 1. The lowest BCUT2D eigenvalue weighted by atomic mass is 9.95. The summed E-state index contributed by atoms with van der Waals surface area (Å²) in [6.45, 7) is 4.83. The van der Waals surface area contributed by atoms with E-state index in [1.165, 1.54) is 29.5 Å². The van der Waals surface area contributed by atoms with Crippen molar-refractivity contribution in [2.24, 2.45) is 5.92 Å². The van der Waals surface area contributed by atoms with Crippen LogP contribution in [-0.2, 0) is 31.9 Å². The van der Waals surface area contributed by atoms with Gasteiger partial charge in [0.05, 0.1) is 22.8 Å². The van der Waals surface area contributed by atoms with Gasteiger partial charge in [-0.25, -0.2) is 9.59 Å². The average molecular weight is 555 g/mol. The molecule has 2 aromatic rings. The summed E-state index contributed by atoms with van der Waals surface area (Å²) in [6, 6.07) is 3.39. The first-order chi connectivity index (χ1) is 17.1. The van der Waals surface area contributed by atoms with Crippen molar-refractivity contribution in [1.29, 1.82) is 0 Å². The van der Waals surface area contributed by atoms with Gasteiger partial charge >= 0.3 is 11.9 Å². The predicted octanol–water partition coefficient (Wildman–Crippen LogP) is 5.05. The molecule has 1 aliphatic rings. The van der Waals surface area contributed by atoms with Crippen LogP contribution in [0.1, 0.15) is 64.8 Å². The molecule has 36 heavy (non-hydrogen) atoms. The van der Waals surface area contributed by atoms with Crippen molar-refractivity contribution in [2.45, 2.75) is 52.5 Å². The smallest absolute Gasteiger partial charge is 0.341 e. The summed E-state index contributed by atoms with van der Waals surface area (Å²) in [4.78, 5) is 51.6. The molecule has 0 bridgehead atoms. The van der Waals surface area contributed by atoms with Gasteiger partial charge in [-0.3, -0.25) is 9.59 Å². The van der Waals surface area contributed by atoms with Gasteiger partial charge in [-0.05, 0) is 62.3 Å². The predicted molar refractivity (Wildman–Crippen MR) is 139 cm³/mol. The number of aryl methyl sites for hydroxylation is 1. The van der Waals surface area contributed by atoms with E-state index in [9.17, 15) is 19.2 Å². The van der Waals surface area contributed by atoms with Crippen LogP contribution < -0.4 is 10.6 Å². The molecule has 3 rings (SSSR count). The maximum absolute atomic E-state index is 12.7. The van der Waals surface area contributed by atoms with Gasteiger partial charge in [0, 0.05) is 9.90 Å². The van der Waals surface area contributed by atoms with Crippen LogP contribution in [-0.4, -0.2) is 43.0 Å². The number of esters is 2. The topological polar surface area (TPSA) is 111 Å². The zero-order valence-electron chi connectivity index (χ0n) is 20.2. The fourth-order valence-electron chi connectivity index (χ4n) is 3.85. The second-order valence-corrected chi connectivity index (χ2v) is 10.6. The van der Waals surface area contributed by atoms with Crippen molar-refractivity contribution in [1.82, 2.24) is 5.32 Å². The minimum atomic E-state index is -1.01. The second-order valence-electron chi connectivity index (χ2n) is 8.61. The Morgan fingerprint density at radius 1 is 1.08 bits per heavy atom. The molecule has 1 heterocycles. The summed E-state index contributed by atoms with van der Waals surface area (Å²) in [5.74, 6) is -2.74. The summed E-state index contributed by atoms with van der Waals surface area (Å²) < 4.78 is 10.4. The molecular weight excluding hydrogens is 527 g/mol. The molecule has 0 saturated carbocycles. The highest BCUT2D eigenvalue weighted by molar-refractivity contribution is 7.17. The molecule has 11 heteroatoms. The normalized spacial score (nSPS) is 13.5. The first-order valence-corrected chi connectivity index (χ1v) is 13.2. The lowest BCUT2D eigenvalue weighted by molar-refractivity contribution is -0.150. The summed E-state index contributed by atoms with van der Waals surface area (Å²) in [6.07, 6.45) is 3.57. The molecule has 1 atom stereocenters. The molecule has 194 valence electrons. The number of halogens is 2. The highest BCUT2D eigenvalue weighted by Gasteiger charge is 2.29. The van der Waals surface area contributed by atoms with Gasteiger partial charge in [0.15, 0.2) is 6.61 Å². The zero-order chi connectivity index (χ0) is 26.4. The monoisotopic (exact) mass is 554 g/mol. The van der Waals surface area contributed by atoms with Crippen molar-refractivity contribution in [3.05, 3.63) is 49.8 Å². The molecule has 0 aliphatic heterocycles. The molecule has 0 spiro atoms. The van der Waals surface area contributed by atoms with E-state index in [0.29, 0.717) is 15.6 Å². The Balaban J connectivity index is 1.65. The number of hydrogen-bond donors (Lipinski definition) is 2. The summed E-state index contributed by atoms with van der Waals surface area (Å²) in [7, 11) is 0. The molecule has 1 unspecified atom stereocenters. The molecule has 0 radical (unpaired) electrons. The van der Waals surface area contributed by atoms with Crippen LogP contribution in [0.4, 0.5) is 5.00 Å². The van der Waals surface area contributed by atoms with E-state index >= 15 is 0 Å². The Morgan fingerprint density at radius 2 is 1.81 bits per heavy atom. The van der Waals surface area contributed by atoms with E-state index in [2.05, 4.69) is 10.6 Å². The number of carbonyl (C=O) groups is 4. The summed E-state index contributed by atoms with van der Waals surface area (Å²) >= 11 is 13.3. The lowest BCUT2D eigenvalue weighted by Crippen LogP contribution is -2.46. The Labute approximate surface area is 223 Å². The molecule has 1 aliphatic carbocycles. The van der Waals surface area contributed by atoms with Crippen LogP contribution in [0.5, 0.6) is 0 Å². The van der Waals surface area contributed by atoms with Gasteiger partial charge < -0.3 is 20.1 Å². The van der Waals surface area contributed by atoms with Crippen molar-refractivity contribution in [3.63, 3.8) is 0 Å². The molecule has 1 aromatic heterocycles. The Hall–Kier alpha value is -2.62. The standard InChI is InChI=1S/C25H28Cl2N2O6S/c1-4-34-24(32)20-16-7-5-6-8-18(16)36-23(20)28-19(30)12-35-25(33)21(13(2)3)29-22(31)15-10-9-14(26)11-17(15)27/h9-11,13,21H,4-8,12H2,1-3H3,(H,28,30)(H,29,31). The number of nitrogens with one attached hydrogen (secondary N) is 2. The third-order valence-corrected chi connectivity index (χ3v) is 7.39. The Bertz CT molecular complexity index is 1160.